The number of alkyl halides is 2. The number of hydrogen-bond acceptors (Lipinski definition) is 7. The number of para-hydroxylation sites is 1. The molecule has 0 radical (unpaired) electrons. The molecule has 0 bridgehead atoms. The molecule has 0 saturated heterocycles. The Balaban J connectivity index is 1.83. The van der Waals surface area contributed by atoms with Crippen molar-refractivity contribution in [3.8, 4) is 5.75 Å². The summed E-state index contributed by atoms with van der Waals surface area (Å²) in [5.41, 5.74) is 2.14. The number of hydrogen-bond donors (Lipinski definition) is 2. The van der Waals surface area contributed by atoms with Crippen LogP contribution in [0.25, 0.3) is 0 Å². The van der Waals surface area contributed by atoms with E-state index in [9.17, 15) is 27.3 Å². The van der Waals surface area contributed by atoms with E-state index in [1.165, 1.54) is 42.5 Å². The number of nitro benzene ring substituents is 1. The first-order valence-electron chi connectivity index (χ1n) is 9.05. The summed E-state index contributed by atoms with van der Waals surface area (Å²) in [4.78, 5) is 10.3. The highest BCUT2D eigenvalue weighted by atomic mass is 35.5. The van der Waals surface area contributed by atoms with Crippen molar-refractivity contribution in [2.24, 2.45) is 5.10 Å². The van der Waals surface area contributed by atoms with Crippen LogP contribution in [-0.2, 0) is 10.0 Å². The SMILES string of the molecule is O=[N+]([O-])c1cc(S(=O)(=O)Nc2ccc(Cl)cc2)ccc1N/N=C/c1ccccc1OC(F)F. The maximum absolute atomic E-state index is 12.6. The molecule has 0 aliphatic heterocycles. The molecule has 0 unspecified atom stereocenters. The maximum Gasteiger partial charge on any atom is 0.387 e. The molecule has 3 rings (SSSR count). The minimum absolute atomic E-state index is 0.117. The Labute approximate surface area is 191 Å². The van der Waals surface area contributed by atoms with Gasteiger partial charge < -0.3 is 4.74 Å². The zero-order valence-electron chi connectivity index (χ0n) is 16.5. The van der Waals surface area contributed by atoms with E-state index >= 15 is 0 Å². The van der Waals surface area contributed by atoms with Crippen LogP contribution in [0.4, 0.5) is 25.8 Å². The molecular formula is C20H15ClF2N4O5S. The summed E-state index contributed by atoms with van der Waals surface area (Å²) in [7, 11) is -4.13. The van der Waals surface area contributed by atoms with E-state index in [0.29, 0.717) is 5.02 Å². The van der Waals surface area contributed by atoms with Crippen molar-refractivity contribution < 1.29 is 26.9 Å². The van der Waals surface area contributed by atoms with Crippen LogP contribution in [0.1, 0.15) is 5.56 Å². The molecule has 3 aromatic carbocycles. The van der Waals surface area contributed by atoms with Crippen LogP contribution < -0.4 is 14.9 Å². The number of anilines is 2. The Morgan fingerprint density at radius 1 is 1.09 bits per heavy atom. The lowest BCUT2D eigenvalue weighted by molar-refractivity contribution is -0.384. The molecular weight excluding hydrogens is 482 g/mol. The Morgan fingerprint density at radius 3 is 2.45 bits per heavy atom. The third kappa shape index (κ3) is 6.37. The van der Waals surface area contributed by atoms with Crippen molar-refractivity contribution in [2.45, 2.75) is 11.5 Å². The van der Waals surface area contributed by atoms with Gasteiger partial charge in [0.2, 0.25) is 0 Å². The number of rotatable bonds is 9. The molecule has 0 aliphatic carbocycles. The number of hydrazone groups is 1. The third-order valence-corrected chi connectivity index (χ3v) is 5.73. The molecule has 3 aromatic rings. The molecule has 0 saturated carbocycles. The molecule has 2 N–H and O–H groups in total. The second kappa shape index (κ2) is 10.2. The van der Waals surface area contributed by atoms with E-state index in [-0.39, 0.29) is 27.6 Å². The molecule has 0 fully saturated rings. The van der Waals surface area contributed by atoms with Gasteiger partial charge in [-0.25, -0.2) is 8.42 Å². The quantitative estimate of drug-likeness (QED) is 0.241. The standard InChI is InChI=1S/C20H15ClF2N4O5S/c21-14-5-7-15(8-6-14)26-33(30,31)16-9-10-17(18(11-16)27(28)29)25-24-12-13-3-1-2-4-19(13)32-20(22)23/h1-12,20,25-26H/b24-12+. The molecule has 33 heavy (non-hydrogen) atoms. The Hall–Kier alpha value is -3.77. The largest absolute Gasteiger partial charge is 0.434 e. The molecule has 0 spiro atoms. The number of halogens is 3. The van der Waals surface area contributed by atoms with Crippen molar-refractivity contribution >= 4 is 44.9 Å². The van der Waals surface area contributed by atoms with Gasteiger partial charge in [0.15, 0.2) is 0 Å². The van der Waals surface area contributed by atoms with Crippen LogP contribution in [0.3, 0.4) is 0 Å². The fraction of sp³-hybridized carbons (Fsp3) is 0.0500. The number of benzene rings is 3. The van der Waals surface area contributed by atoms with Crippen molar-refractivity contribution in [1.29, 1.82) is 0 Å². The third-order valence-electron chi connectivity index (χ3n) is 4.10. The predicted molar refractivity (Wildman–Crippen MR) is 120 cm³/mol. The Morgan fingerprint density at radius 2 is 1.79 bits per heavy atom. The van der Waals surface area contributed by atoms with E-state index in [1.54, 1.807) is 6.07 Å². The fourth-order valence-electron chi connectivity index (χ4n) is 2.62. The van der Waals surface area contributed by atoms with Crippen molar-refractivity contribution in [2.75, 3.05) is 10.1 Å². The minimum Gasteiger partial charge on any atom is -0.434 e. The van der Waals surface area contributed by atoms with Crippen molar-refractivity contribution in [1.82, 2.24) is 0 Å². The second-order valence-electron chi connectivity index (χ2n) is 6.33. The summed E-state index contributed by atoms with van der Waals surface area (Å²) in [5, 5.41) is 15.7. The number of nitro groups is 1. The average Bonchev–Trinajstić information content (AvgIpc) is 2.76. The number of nitrogens with one attached hydrogen (secondary N) is 2. The molecule has 13 heteroatoms. The van der Waals surface area contributed by atoms with Gasteiger partial charge in [0.25, 0.3) is 15.7 Å². The number of nitrogens with zero attached hydrogens (tertiary/aromatic N) is 2. The summed E-state index contributed by atoms with van der Waals surface area (Å²) in [6.07, 6.45) is 1.13. The van der Waals surface area contributed by atoms with Gasteiger partial charge in [0.1, 0.15) is 11.4 Å². The summed E-state index contributed by atoms with van der Waals surface area (Å²) < 4.78 is 56.9. The van der Waals surface area contributed by atoms with Crippen molar-refractivity contribution in [3.63, 3.8) is 0 Å². The highest BCUT2D eigenvalue weighted by Gasteiger charge is 2.21. The van der Waals surface area contributed by atoms with Gasteiger partial charge in [-0.1, -0.05) is 23.7 Å². The van der Waals surface area contributed by atoms with Crippen LogP contribution in [0.2, 0.25) is 5.02 Å². The molecule has 9 nitrogen and oxygen atoms in total. The van der Waals surface area contributed by atoms with Gasteiger partial charge in [0.05, 0.1) is 16.0 Å². The van der Waals surface area contributed by atoms with Crippen LogP contribution in [0, 0.1) is 10.1 Å². The zero-order chi connectivity index (χ0) is 24.0. The lowest BCUT2D eigenvalue weighted by Crippen LogP contribution is -2.13. The van der Waals surface area contributed by atoms with Gasteiger partial charge in [-0.05, 0) is 48.5 Å². The van der Waals surface area contributed by atoms with E-state index in [4.69, 9.17) is 11.6 Å². The zero-order valence-corrected chi connectivity index (χ0v) is 18.1. The fourth-order valence-corrected chi connectivity index (χ4v) is 3.82. The van der Waals surface area contributed by atoms with Gasteiger partial charge >= 0.3 is 6.61 Å². The molecule has 0 atom stereocenters. The Bertz CT molecular complexity index is 1290. The summed E-state index contributed by atoms with van der Waals surface area (Å²) in [5.74, 6) is -0.137. The van der Waals surface area contributed by atoms with E-state index in [1.807, 2.05) is 0 Å². The van der Waals surface area contributed by atoms with Crippen molar-refractivity contribution in [3.05, 3.63) is 87.4 Å². The normalized spacial score (nSPS) is 11.5. The van der Waals surface area contributed by atoms with Crippen LogP contribution in [-0.4, -0.2) is 26.2 Å². The van der Waals surface area contributed by atoms with Crippen LogP contribution >= 0.6 is 11.6 Å². The average molecular weight is 497 g/mol. The lowest BCUT2D eigenvalue weighted by atomic mass is 10.2. The first-order chi connectivity index (χ1) is 15.7. The molecule has 0 heterocycles. The number of ether oxygens (including phenoxy) is 1. The predicted octanol–water partition coefficient (Wildman–Crippen LogP) is 5.10. The first kappa shape index (κ1) is 23.9. The number of sulfonamides is 1. The monoisotopic (exact) mass is 496 g/mol. The summed E-state index contributed by atoms with van der Waals surface area (Å²) in [6.45, 7) is -3.04. The topological polar surface area (TPSA) is 123 Å². The molecule has 0 aromatic heterocycles. The maximum atomic E-state index is 12.6. The van der Waals surface area contributed by atoms with E-state index in [0.717, 1.165) is 24.4 Å². The van der Waals surface area contributed by atoms with Gasteiger partial charge in [-0.15, -0.1) is 0 Å². The summed E-state index contributed by atoms with van der Waals surface area (Å²) >= 11 is 5.77. The summed E-state index contributed by atoms with van der Waals surface area (Å²) in [6, 6.07) is 14.8. The highest BCUT2D eigenvalue weighted by molar-refractivity contribution is 7.92. The van der Waals surface area contributed by atoms with Gasteiger partial charge in [-0.3, -0.25) is 20.3 Å². The minimum atomic E-state index is -4.13. The first-order valence-corrected chi connectivity index (χ1v) is 10.9. The Kier molecular flexibility index (Phi) is 7.41. The van der Waals surface area contributed by atoms with E-state index in [2.05, 4.69) is 20.0 Å². The van der Waals surface area contributed by atoms with E-state index < -0.39 is 27.2 Å². The second-order valence-corrected chi connectivity index (χ2v) is 8.45. The van der Waals surface area contributed by atoms with Gasteiger partial charge in [-0.2, -0.15) is 13.9 Å². The lowest BCUT2D eigenvalue weighted by Gasteiger charge is -2.10. The molecule has 172 valence electrons. The van der Waals surface area contributed by atoms with Gasteiger partial charge in [0, 0.05) is 22.3 Å². The molecule has 0 aliphatic rings. The highest BCUT2D eigenvalue weighted by Crippen LogP contribution is 2.29. The van der Waals surface area contributed by atoms with Crippen LogP contribution in [0.5, 0.6) is 5.75 Å². The van der Waals surface area contributed by atoms with Crippen LogP contribution in [0.15, 0.2) is 76.7 Å². The smallest absolute Gasteiger partial charge is 0.387 e. The molecule has 0 amide bonds.